The number of nitrogens with one attached hydrogen (secondary N) is 2. The van der Waals surface area contributed by atoms with Gasteiger partial charge in [0.05, 0.1) is 17.7 Å². The number of hydrogen-bond donors (Lipinski definition) is 3. The summed E-state index contributed by atoms with van der Waals surface area (Å²) in [6, 6.07) is 8.30. The third-order valence-corrected chi connectivity index (χ3v) is 4.28. The van der Waals surface area contributed by atoms with Gasteiger partial charge in [-0.2, -0.15) is 26.3 Å². The molecule has 1 aliphatic rings. The summed E-state index contributed by atoms with van der Waals surface area (Å²) in [6.45, 7) is 1.79. The quantitative estimate of drug-likeness (QED) is 0.324. The molecule has 1 fully saturated rings. The van der Waals surface area contributed by atoms with Crippen LogP contribution in [0.1, 0.15) is 41.4 Å². The zero-order valence-corrected chi connectivity index (χ0v) is 17.3. The van der Waals surface area contributed by atoms with Crippen LogP contribution in [0.5, 0.6) is 0 Å². The fourth-order valence-corrected chi connectivity index (χ4v) is 2.72. The number of alkyl halides is 6. The van der Waals surface area contributed by atoms with E-state index in [2.05, 4.69) is 4.74 Å². The summed E-state index contributed by atoms with van der Waals surface area (Å²) in [4.78, 5) is 22.0. The fraction of sp³-hybridized carbons (Fsp3) is 0.286. The smallest absolute Gasteiger partial charge is 0.416 e. The van der Waals surface area contributed by atoms with E-state index in [-0.39, 0.29) is 17.7 Å². The maximum absolute atomic E-state index is 12.4. The molecule has 0 radical (unpaired) electrons. The number of aliphatic hydroxyl groups excluding tert-OH is 1. The van der Waals surface area contributed by atoms with Gasteiger partial charge in [0.15, 0.2) is 6.10 Å². The lowest BCUT2D eigenvalue weighted by atomic mass is 10.1. The first kappa shape index (κ1) is 26.6. The molecule has 34 heavy (non-hydrogen) atoms. The molecular weight excluding hydrogens is 474 g/mol. The predicted molar refractivity (Wildman–Crippen MR) is 105 cm³/mol. The van der Waals surface area contributed by atoms with Crippen LogP contribution in [0.3, 0.4) is 0 Å². The topological polar surface area (TPSA) is 109 Å². The van der Waals surface area contributed by atoms with Gasteiger partial charge in [-0.3, -0.25) is 15.5 Å². The Balaban J connectivity index is 0.000000240. The zero-order valence-electron chi connectivity index (χ0n) is 17.3. The van der Waals surface area contributed by atoms with E-state index in [1.54, 1.807) is 6.92 Å². The number of rotatable bonds is 4. The van der Waals surface area contributed by atoms with E-state index in [0.29, 0.717) is 0 Å². The van der Waals surface area contributed by atoms with Crippen LogP contribution in [0.4, 0.5) is 31.1 Å². The molecule has 0 spiro atoms. The van der Waals surface area contributed by atoms with Crippen molar-refractivity contribution < 1.29 is 50.5 Å². The van der Waals surface area contributed by atoms with E-state index in [9.17, 15) is 41.0 Å². The second-order valence-electron chi connectivity index (χ2n) is 6.72. The molecule has 2 atom stereocenters. The molecule has 3 rings (SSSR count). The van der Waals surface area contributed by atoms with Crippen LogP contribution in [0.15, 0.2) is 48.5 Å². The minimum absolute atomic E-state index is 0.0109. The first-order valence-corrected chi connectivity index (χ1v) is 9.49. The highest BCUT2D eigenvalue weighted by atomic mass is 19.4. The highest BCUT2D eigenvalue weighted by molar-refractivity contribution is 6.00. The Hall–Kier alpha value is -3.61. The zero-order chi connectivity index (χ0) is 25.7. The summed E-state index contributed by atoms with van der Waals surface area (Å²) in [5, 5.41) is 18.7. The Kier molecular flexibility index (Phi) is 8.26. The Labute approximate surface area is 188 Å². The Morgan fingerprint density at radius 1 is 1.06 bits per heavy atom. The van der Waals surface area contributed by atoms with E-state index in [1.165, 1.54) is 18.2 Å². The summed E-state index contributed by atoms with van der Waals surface area (Å²) in [5.41, 5.74) is -1.79. The highest BCUT2D eigenvalue weighted by Crippen LogP contribution is 2.32. The number of ether oxygens (including phenoxy) is 2. The van der Waals surface area contributed by atoms with Gasteiger partial charge in [-0.15, -0.1) is 0 Å². The summed E-state index contributed by atoms with van der Waals surface area (Å²) >= 11 is 0. The first-order chi connectivity index (χ1) is 15.7. The van der Waals surface area contributed by atoms with Gasteiger partial charge >= 0.3 is 18.4 Å². The van der Waals surface area contributed by atoms with Crippen molar-refractivity contribution in [3.8, 4) is 0 Å². The van der Waals surface area contributed by atoms with Gasteiger partial charge in [-0.25, -0.2) is 4.79 Å². The van der Waals surface area contributed by atoms with Gasteiger partial charge in [0.1, 0.15) is 0 Å². The number of hydrogen-bond acceptors (Lipinski definition) is 6. The number of alkyl carbamates (subject to hydrolysis) is 1. The van der Waals surface area contributed by atoms with Crippen molar-refractivity contribution in [3.05, 3.63) is 70.8 Å². The molecule has 0 saturated carbocycles. The number of benzene rings is 2. The number of aliphatic hydroxyl groups is 1. The second-order valence-corrected chi connectivity index (χ2v) is 6.72. The third-order valence-electron chi connectivity index (χ3n) is 4.28. The lowest BCUT2D eigenvalue weighted by Gasteiger charge is -2.14. The highest BCUT2D eigenvalue weighted by Gasteiger charge is 2.36. The third kappa shape index (κ3) is 6.94. The summed E-state index contributed by atoms with van der Waals surface area (Å²) in [5.74, 6) is -1.24. The Morgan fingerprint density at radius 2 is 1.62 bits per heavy atom. The number of imide groups is 1. The molecule has 0 bridgehead atoms. The second kappa shape index (κ2) is 10.5. The molecule has 2 unspecified atom stereocenters. The molecule has 0 aliphatic carbocycles. The van der Waals surface area contributed by atoms with Crippen molar-refractivity contribution in [1.29, 1.82) is 5.41 Å². The Bertz CT molecular complexity index is 1050. The van der Waals surface area contributed by atoms with Crippen molar-refractivity contribution in [2.24, 2.45) is 0 Å². The molecule has 184 valence electrons. The number of carbonyl (C=O) groups is 2. The fourth-order valence-electron chi connectivity index (χ4n) is 2.72. The minimum atomic E-state index is -4.50. The van der Waals surface area contributed by atoms with E-state index < -0.39 is 53.6 Å². The van der Waals surface area contributed by atoms with Gasteiger partial charge in [-0.1, -0.05) is 24.3 Å². The molecule has 0 aromatic heterocycles. The van der Waals surface area contributed by atoms with Crippen LogP contribution >= 0.6 is 0 Å². The Morgan fingerprint density at radius 3 is 2.12 bits per heavy atom. The summed E-state index contributed by atoms with van der Waals surface area (Å²) in [6.07, 6.45) is -12.7. The number of amides is 2. The molecule has 1 aliphatic heterocycles. The van der Waals surface area contributed by atoms with Crippen molar-refractivity contribution in [2.45, 2.75) is 31.5 Å². The molecule has 2 aromatic rings. The van der Waals surface area contributed by atoms with Crippen molar-refractivity contribution >= 4 is 17.9 Å². The van der Waals surface area contributed by atoms with E-state index in [1.807, 2.05) is 5.32 Å². The van der Waals surface area contributed by atoms with Crippen LogP contribution in [0, 0.1) is 5.41 Å². The average molecular weight is 492 g/mol. The number of carbonyl (C=O) groups excluding carboxylic acids is 2. The van der Waals surface area contributed by atoms with Crippen LogP contribution in [0.25, 0.3) is 0 Å². The number of halogens is 6. The van der Waals surface area contributed by atoms with Crippen LogP contribution in [-0.4, -0.2) is 29.6 Å². The predicted octanol–water partition coefficient (Wildman–Crippen LogP) is 4.77. The van der Waals surface area contributed by atoms with Gasteiger partial charge in [0.25, 0.3) is 5.91 Å². The molecule has 13 heteroatoms. The normalized spacial score (nSPS) is 16.6. The maximum atomic E-state index is 12.4. The molecule has 1 heterocycles. The van der Waals surface area contributed by atoms with Crippen molar-refractivity contribution in [2.75, 3.05) is 6.61 Å². The van der Waals surface area contributed by atoms with Gasteiger partial charge in [0, 0.05) is 5.56 Å². The van der Waals surface area contributed by atoms with Crippen LogP contribution in [0.2, 0.25) is 0 Å². The van der Waals surface area contributed by atoms with Gasteiger partial charge in [0.2, 0.25) is 12.0 Å². The van der Waals surface area contributed by atoms with E-state index in [4.69, 9.17) is 10.1 Å². The van der Waals surface area contributed by atoms with Crippen molar-refractivity contribution in [3.63, 3.8) is 0 Å². The first-order valence-electron chi connectivity index (χ1n) is 9.49. The molecule has 2 amide bonds. The van der Waals surface area contributed by atoms with Crippen molar-refractivity contribution in [1.82, 2.24) is 5.32 Å². The number of cyclic esters (lactones) is 1. The monoisotopic (exact) mass is 492 g/mol. The van der Waals surface area contributed by atoms with E-state index in [0.717, 1.165) is 30.3 Å². The molecule has 7 nitrogen and oxygen atoms in total. The van der Waals surface area contributed by atoms with Gasteiger partial charge in [-0.05, 0) is 36.8 Å². The largest absolute Gasteiger partial charge is 0.479 e. The SMILES string of the molecule is CCOC(=N)C(O)c1cccc(C(F)(F)F)c1.O=C1NC(=O)C(c2cccc(C(F)(F)F)c2)O1. The maximum Gasteiger partial charge on any atom is 0.416 e. The van der Waals surface area contributed by atoms with Crippen LogP contribution in [-0.2, 0) is 26.6 Å². The molecular formula is C21H18F6N2O5. The summed E-state index contributed by atoms with van der Waals surface area (Å²) in [7, 11) is 0. The lowest BCUT2D eigenvalue weighted by molar-refractivity contribution is -0.138. The van der Waals surface area contributed by atoms with Gasteiger partial charge < -0.3 is 14.6 Å². The molecule has 3 N–H and O–H groups in total. The van der Waals surface area contributed by atoms with Crippen LogP contribution < -0.4 is 5.32 Å². The lowest BCUT2D eigenvalue weighted by Crippen LogP contribution is -2.20. The summed E-state index contributed by atoms with van der Waals surface area (Å²) < 4.78 is 83.8. The van der Waals surface area contributed by atoms with E-state index >= 15 is 0 Å². The molecule has 2 aromatic carbocycles. The molecule has 1 saturated heterocycles. The average Bonchev–Trinajstić information content (AvgIpc) is 3.11. The standard InChI is InChI=1S/C11H12F3NO2.C10H6F3NO3/c1-2-17-10(15)9(16)7-4-3-5-8(6-7)11(12,13)14;11-10(12,13)6-3-1-2-5(4-6)7-8(15)14-9(16)17-7/h3-6,9,15-16H,2H2,1H3;1-4,7H,(H,14,15,16). The minimum Gasteiger partial charge on any atom is -0.479 e.